The zero-order valence-electron chi connectivity index (χ0n) is 26.5. The molecule has 0 aliphatic heterocycles. The van der Waals surface area contributed by atoms with E-state index in [2.05, 4.69) is 19.1 Å². The van der Waals surface area contributed by atoms with Gasteiger partial charge in [0.1, 0.15) is 0 Å². The lowest BCUT2D eigenvalue weighted by Gasteiger charge is -2.39. The molecule has 0 unspecified atom stereocenters. The van der Waals surface area contributed by atoms with Gasteiger partial charge in [0.25, 0.3) is 0 Å². The third kappa shape index (κ3) is 28.0. The Morgan fingerprint density at radius 1 is 0.439 bits per heavy atom. The average Bonchev–Trinajstić information content (AvgIpc) is 2.93. The molecule has 0 rings (SSSR count). The van der Waals surface area contributed by atoms with Gasteiger partial charge in [-0.05, 0) is 77.0 Å². The molecule has 0 saturated carbocycles. The second-order valence-corrected chi connectivity index (χ2v) is 12.1. The molecule has 0 atom stereocenters. The first-order valence-electron chi connectivity index (χ1n) is 17.0. The predicted molar refractivity (Wildman–Crippen MR) is 168 cm³/mol. The van der Waals surface area contributed by atoms with Gasteiger partial charge in [0.15, 0.2) is 0 Å². The summed E-state index contributed by atoms with van der Waals surface area (Å²) in [6.45, 7) is 5.93. The molecule has 0 saturated heterocycles. The Bertz CT molecular complexity index is 623. The van der Waals surface area contributed by atoms with Crippen LogP contribution in [0.1, 0.15) is 161 Å². The van der Waals surface area contributed by atoms with E-state index in [4.69, 9.17) is 15.3 Å². The van der Waals surface area contributed by atoms with Gasteiger partial charge in [-0.15, -0.1) is 0 Å². The minimum absolute atomic E-state index is 0.172. The highest BCUT2D eigenvalue weighted by Crippen LogP contribution is 2.19. The lowest BCUT2D eigenvalue weighted by molar-refractivity contribution is -0.929. The number of allylic oxidation sites excluding steroid dienone is 2. The minimum Gasteiger partial charge on any atom is -0.481 e. The van der Waals surface area contributed by atoms with Gasteiger partial charge < -0.3 is 19.8 Å². The van der Waals surface area contributed by atoms with Gasteiger partial charge in [-0.2, -0.15) is 0 Å². The summed E-state index contributed by atoms with van der Waals surface area (Å²) >= 11 is 0. The van der Waals surface area contributed by atoms with Gasteiger partial charge in [-0.3, -0.25) is 14.4 Å². The molecular formula is C34H64NO6+. The quantitative estimate of drug-likeness (QED) is 0.0414. The highest BCUT2D eigenvalue weighted by molar-refractivity contribution is 5.67. The first kappa shape index (κ1) is 39.1. The smallest absolute Gasteiger partial charge is 0.303 e. The third-order valence-electron chi connectivity index (χ3n) is 8.21. The van der Waals surface area contributed by atoms with Crippen molar-refractivity contribution in [3.05, 3.63) is 12.2 Å². The summed E-state index contributed by atoms with van der Waals surface area (Å²) in [5.41, 5.74) is 0. The first-order valence-corrected chi connectivity index (χ1v) is 17.0. The summed E-state index contributed by atoms with van der Waals surface area (Å²) in [7, 11) is 0. The molecule has 0 fully saturated rings. The van der Waals surface area contributed by atoms with E-state index >= 15 is 0 Å². The van der Waals surface area contributed by atoms with Crippen LogP contribution in [-0.4, -0.2) is 63.9 Å². The van der Waals surface area contributed by atoms with E-state index in [0.29, 0.717) is 19.3 Å². The fourth-order valence-electron chi connectivity index (χ4n) is 5.71. The van der Waals surface area contributed by atoms with Crippen molar-refractivity contribution in [3.8, 4) is 0 Å². The number of hydrogen-bond acceptors (Lipinski definition) is 3. The summed E-state index contributed by atoms with van der Waals surface area (Å²) < 4.78 is 0.861. The summed E-state index contributed by atoms with van der Waals surface area (Å²) in [6.07, 6.45) is 28.9. The largest absolute Gasteiger partial charge is 0.481 e. The molecule has 0 aliphatic carbocycles. The van der Waals surface area contributed by atoms with Crippen LogP contribution in [0.4, 0.5) is 0 Å². The minimum atomic E-state index is -0.769. The van der Waals surface area contributed by atoms with E-state index < -0.39 is 17.9 Å². The van der Waals surface area contributed by atoms with Crippen molar-refractivity contribution in [2.75, 3.05) is 26.2 Å². The number of hydrogen-bond donors (Lipinski definition) is 3. The van der Waals surface area contributed by atoms with E-state index in [1.54, 1.807) is 0 Å². The van der Waals surface area contributed by atoms with Crippen LogP contribution in [0.25, 0.3) is 0 Å². The van der Waals surface area contributed by atoms with Gasteiger partial charge >= 0.3 is 17.9 Å². The molecule has 41 heavy (non-hydrogen) atoms. The monoisotopic (exact) mass is 582 g/mol. The number of quaternary nitrogens is 1. The molecule has 0 aromatic heterocycles. The van der Waals surface area contributed by atoms with Crippen molar-refractivity contribution < 1.29 is 34.2 Å². The fraction of sp³-hybridized carbons (Fsp3) is 0.853. The van der Waals surface area contributed by atoms with Crippen LogP contribution in [0.2, 0.25) is 0 Å². The molecule has 0 heterocycles. The lowest BCUT2D eigenvalue weighted by atomic mass is 10.1. The maximum Gasteiger partial charge on any atom is 0.303 e. The number of unbranched alkanes of at least 4 members (excludes halogenated alkanes) is 16. The number of aliphatic carboxylic acids is 3. The molecule has 0 aromatic rings. The second-order valence-electron chi connectivity index (χ2n) is 12.1. The van der Waals surface area contributed by atoms with Crippen molar-refractivity contribution in [3.63, 3.8) is 0 Å². The standard InChI is InChI=1S/C34H63NO6/c1-2-3-4-5-6-7-8-9-10-11-12-13-14-15-16-17-21-28-35(29-22-18-25-32(36)37,30-23-19-26-33(38)39)31-24-20-27-34(40)41/h11-12H,2-10,13-31H2,1H3,(H2-,36,37,38,39,40,41)/p+1/b12-11+. The average molecular weight is 583 g/mol. The molecule has 0 aliphatic rings. The van der Waals surface area contributed by atoms with Crippen LogP contribution in [-0.2, 0) is 14.4 Å². The van der Waals surface area contributed by atoms with Crippen LogP contribution in [0, 0.1) is 0 Å². The van der Waals surface area contributed by atoms with Gasteiger partial charge in [-0.1, -0.05) is 76.9 Å². The normalized spacial score (nSPS) is 11.8. The van der Waals surface area contributed by atoms with Crippen molar-refractivity contribution >= 4 is 17.9 Å². The molecule has 240 valence electrons. The molecule has 7 nitrogen and oxygen atoms in total. The Hall–Kier alpha value is -1.89. The lowest BCUT2D eigenvalue weighted by Crippen LogP contribution is -2.51. The number of rotatable bonds is 32. The molecule has 0 bridgehead atoms. The summed E-state index contributed by atoms with van der Waals surface area (Å²) in [5.74, 6) is -2.31. The molecule has 0 aromatic carbocycles. The van der Waals surface area contributed by atoms with Gasteiger partial charge in [0.05, 0.1) is 26.2 Å². The topological polar surface area (TPSA) is 112 Å². The molecule has 0 amide bonds. The highest BCUT2D eigenvalue weighted by atomic mass is 16.4. The van der Waals surface area contributed by atoms with Crippen molar-refractivity contribution in [2.45, 2.75) is 161 Å². The summed E-state index contributed by atoms with van der Waals surface area (Å²) in [6, 6.07) is 0. The Morgan fingerprint density at radius 3 is 1.07 bits per heavy atom. The highest BCUT2D eigenvalue weighted by Gasteiger charge is 2.26. The maximum atomic E-state index is 11.0. The molecule has 7 heteroatoms. The maximum absolute atomic E-state index is 11.0. The Balaban J connectivity index is 4.42. The first-order chi connectivity index (χ1) is 19.8. The predicted octanol–water partition coefficient (Wildman–Crippen LogP) is 9.00. The van der Waals surface area contributed by atoms with E-state index in [0.717, 1.165) is 62.8 Å². The van der Waals surface area contributed by atoms with Gasteiger partial charge in [0, 0.05) is 19.3 Å². The van der Waals surface area contributed by atoms with E-state index in [-0.39, 0.29) is 19.3 Å². The van der Waals surface area contributed by atoms with E-state index in [1.807, 2.05) is 0 Å². The zero-order valence-corrected chi connectivity index (χ0v) is 26.5. The van der Waals surface area contributed by atoms with Crippen LogP contribution < -0.4 is 0 Å². The van der Waals surface area contributed by atoms with Crippen LogP contribution in [0.5, 0.6) is 0 Å². The van der Waals surface area contributed by atoms with Gasteiger partial charge in [-0.25, -0.2) is 0 Å². The number of carboxylic acids is 3. The van der Waals surface area contributed by atoms with Gasteiger partial charge in [0.2, 0.25) is 0 Å². The molecular weight excluding hydrogens is 518 g/mol. The Kier molecular flexibility index (Phi) is 26.9. The van der Waals surface area contributed by atoms with Crippen LogP contribution >= 0.6 is 0 Å². The second kappa shape index (κ2) is 28.2. The number of carboxylic acid groups (broad SMARTS) is 3. The fourth-order valence-corrected chi connectivity index (χ4v) is 5.71. The van der Waals surface area contributed by atoms with Crippen molar-refractivity contribution in [2.24, 2.45) is 0 Å². The van der Waals surface area contributed by atoms with E-state index in [9.17, 15) is 14.4 Å². The Morgan fingerprint density at radius 2 is 0.732 bits per heavy atom. The third-order valence-corrected chi connectivity index (χ3v) is 8.21. The van der Waals surface area contributed by atoms with Crippen LogP contribution in [0.15, 0.2) is 12.2 Å². The molecule has 0 radical (unpaired) electrons. The zero-order chi connectivity index (χ0) is 30.4. The SMILES string of the molecule is CCCCCCCCCC/C=C/CCCCCCC[N+](CCCCC(=O)O)(CCCCC(=O)O)CCCCC(=O)O. The van der Waals surface area contributed by atoms with Crippen molar-refractivity contribution in [1.82, 2.24) is 0 Å². The van der Waals surface area contributed by atoms with E-state index in [1.165, 1.54) is 83.5 Å². The number of carbonyl (C=O) groups is 3. The molecule has 0 spiro atoms. The van der Waals surface area contributed by atoms with Crippen LogP contribution in [0.3, 0.4) is 0 Å². The molecule has 3 N–H and O–H groups in total. The van der Waals surface area contributed by atoms with Crippen molar-refractivity contribution in [1.29, 1.82) is 0 Å². The summed E-state index contributed by atoms with van der Waals surface area (Å²) in [5, 5.41) is 27.1. The summed E-state index contributed by atoms with van der Waals surface area (Å²) in [4.78, 5) is 33.0. The Labute approximate surface area is 251 Å². The number of nitrogens with zero attached hydrogens (tertiary/aromatic N) is 1.